The van der Waals surface area contributed by atoms with Gasteiger partial charge in [0.15, 0.2) is 0 Å². The molecular weight excluding hydrogens is 210 g/mol. The van der Waals surface area contributed by atoms with E-state index in [1.807, 2.05) is 0 Å². The fraction of sp³-hybridized carbons (Fsp3) is 0.857. The number of unbranched alkanes of at least 4 members (excludes halogenated alkanes) is 2. The Bertz CT molecular complexity index is 156. The van der Waals surface area contributed by atoms with Crippen molar-refractivity contribution < 1.29 is 0 Å². The first-order valence-electron chi connectivity index (χ1n) is 7.20. The van der Waals surface area contributed by atoms with Crippen molar-refractivity contribution in [3.63, 3.8) is 0 Å². The largest absolute Gasteiger partial charge is 0.379 e. The minimum atomic E-state index is -0.575. The summed E-state index contributed by atoms with van der Waals surface area (Å²) in [6.45, 7) is 11.4. The summed E-state index contributed by atoms with van der Waals surface area (Å²) < 4.78 is 0. The van der Waals surface area contributed by atoms with Gasteiger partial charge in [-0.2, -0.15) is 0 Å². The Labute approximate surface area is 105 Å². The van der Waals surface area contributed by atoms with E-state index in [1.165, 1.54) is 37.8 Å². The summed E-state index contributed by atoms with van der Waals surface area (Å²) in [5.74, 6) is 0. The van der Waals surface area contributed by atoms with Crippen LogP contribution in [-0.4, -0.2) is 26.8 Å². The molecule has 2 heteroatoms. The summed E-state index contributed by atoms with van der Waals surface area (Å²) in [5, 5.41) is 0. The van der Waals surface area contributed by atoms with Crippen molar-refractivity contribution in [3.8, 4) is 0 Å². The molecule has 16 heavy (non-hydrogen) atoms. The molecule has 96 valence electrons. The predicted octanol–water partition coefficient (Wildman–Crippen LogP) is 4.21. The Morgan fingerprint density at radius 1 is 0.875 bits per heavy atom. The molecule has 0 rings (SSSR count). The van der Waals surface area contributed by atoms with Crippen molar-refractivity contribution >= 4 is 8.80 Å². The molecular formula is C14H31NSi. The van der Waals surface area contributed by atoms with E-state index < -0.39 is 8.80 Å². The van der Waals surface area contributed by atoms with Gasteiger partial charge >= 0.3 is 0 Å². The highest BCUT2D eigenvalue weighted by molar-refractivity contribution is 6.64. The highest BCUT2D eigenvalue weighted by Gasteiger charge is 2.05. The average Bonchev–Trinajstić information content (AvgIpc) is 2.32. The highest BCUT2D eigenvalue weighted by Crippen LogP contribution is 2.11. The van der Waals surface area contributed by atoms with Gasteiger partial charge in [0.2, 0.25) is 0 Å². The van der Waals surface area contributed by atoms with E-state index in [0.717, 1.165) is 13.1 Å². The van der Waals surface area contributed by atoms with Crippen molar-refractivity contribution in [2.75, 3.05) is 13.1 Å². The summed E-state index contributed by atoms with van der Waals surface area (Å²) in [5.41, 5.74) is 2.58. The van der Waals surface area contributed by atoms with Crippen LogP contribution in [0.1, 0.15) is 53.4 Å². The van der Waals surface area contributed by atoms with E-state index in [1.54, 1.807) is 0 Å². The Morgan fingerprint density at radius 2 is 1.38 bits per heavy atom. The van der Waals surface area contributed by atoms with E-state index in [2.05, 4.69) is 44.5 Å². The van der Waals surface area contributed by atoms with E-state index in [9.17, 15) is 0 Å². The Morgan fingerprint density at radius 3 is 1.75 bits per heavy atom. The van der Waals surface area contributed by atoms with Gasteiger partial charge in [0.1, 0.15) is 0 Å². The van der Waals surface area contributed by atoms with Crippen molar-refractivity contribution in [3.05, 3.63) is 11.9 Å². The van der Waals surface area contributed by atoms with Crippen LogP contribution in [0.25, 0.3) is 0 Å². The molecule has 0 heterocycles. The third-order valence-corrected chi connectivity index (χ3v) is 6.25. The normalized spacial score (nSPS) is 11.6. The highest BCUT2D eigenvalue weighted by atomic mass is 28.3. The lowest BCUT2D eigenvalue weighted by atomic mass is 10.4. The molecule has 0 amide bonds. The zero-order valence-corrected chi connectivity index (χ0v) is 13.0. The second-order valence-corrected chi connectivity index (χ2v) is 7.67. The van der Waals surface area contributed by atoms with Crippen LogP contribution in [-0.2, 0) is 0 Å². The monoisotopic (exact) mass is 241 g/mol. The Hall–Kier alpha value is -0.243. The van der Waals surface area contributed by atoms with Crippen LogP contribution in [0.3, 0.4) is 0 Å². The fourth-order valence-electron chi connectivity index (χ4n) is 1.95. The van der Waals surface area contributed by atoms with Crippen LogP contribution in [0, 0.1) is 0 Å². The molecule has 0 atom stereocenters. The van der Waals surface area contributed by atoms with Crippen LogP contribution >= 0.6 is 0 Å². The maximum Gasteiger partial charge on any atom is 0.0634 e. The smallest absolute Gasteiger partial charge is 0.0634 e. The molecule has 0 unspecified atom stereocenters. The van der Waals surface area contributed by atoms with Gasteiger partial charge in [-0.05, 0) is 20.0 Å². The number of hydrogen-bond donors (Lipinski definition) is 0. The summed E-state index contributed by atoms with van der Waals surface area (Å²) in [7, 11) is -0.575. The molecule has 1 nitrogen and oxygen atoms in total. The molecule has 0 aromatic rings. The lowest BCUT2D eigenvalue weighted by molar-refractivity contribution is 0.419. The number of nitrogens with zero attached hydrogens (tertiary/aromatic N) is 1. The molecule has 0 aliphatic rings. The predicted molar refractivity (Wildman–Crippen MR) is 78.6 cm³/mol. The molecule has 0 bridgehead atoms. The van der Waals surface area contributed by atoms with Gasteiger partial charge in [-0.25, -0.2) is 0 Å². The molecule has 0 aromatic carbocycles. The zero-order valence-electron chi connectivity index (χ0n) is 11.8. The van der Waals surface area contributed by atoms with E-state index in [-0.39, 0.29) is 0 Å². The van der Waals surface area contributed by atoms with Gasteiger partial charge in [-0.15, -0.1) is 0 Å². The van der Waals surface area contributed by atoms with Crippen LogP contribution in [0.5, 0.6) is 0 Å². The Balaban J connectivity index is 4.05. The molecule has 0 N–H and O–H groups in total. The van der Waals surface area contributed by atoms with Crippen LogP contribution in [0.2, 0.25) is 12.1 Å². The number of rotatable bonds is 10. The van der Waals surface area contributed by atoms with E-state index in [4.69, 9.17) is 0 Å². The first-order chi connectivity index (χ1) is 7.78. The summed E-state index contributed by atoms with van der Waals surface area (Å²) in [4.78, 5) is 2.41. The van der Waals surface area contributed by atoms with Crippen molar-refractivity contribution in [2.24, 2.45) is 0 Å². The van der Waals surface area contributed by atoms with Crippen LogP contribution in [0.4, 0.5) is 0 Å². The van der Waals surface area contributed by atoms with Crippen LogP contribution < -0.4 is 0 Å². The topological polar surface area (TPSA) is 3.24 Å². The molecule has 0 spiro atoms. The minimum absolute atomic E-state index is 0.575. The second kappa shape index (κ2) is 11.2. The van der Waals surface area contributed by atoms with Gasteiger partial charge in [-0.1, -0.05) is 57.3 Å². The molecule has 0 aliphatic carbocycles. The first-order valence-corrected chi connectivity index (χ1v) is 9.50. The lowest BCUT2D eigenvalue weighted by Gasteiger charge is -2.17. The lowest BCUT2D eigenvalue weighted by Crippen LogP contribution is -2.18. The third kappa shape index (κ3) is 7.97. The van der Waals surface area contributed by atoms with Gasteiger partial charge in [0, 0.05) is 13.1 Å². The minimum Gasteiger partial charge on any atom is -0.379 e. The molecule has 0 fully saturated rings. The maximum atomic E-state index is 2.58. The molecule has 0 saturated carbocycles. The van der Waals surface area contributed by atoms with Gasteiger partial charge in [0.25, 0.3) is 0 Å². The molecule has 0 aromatic heterocycles. The zero-order chi connectivity index (χ0) is 12.2. The Kier molecular flexibility index (Phi) is 11.1. The first kappa shape index (κ1) is 15.8. The molecule has 0 aliphatic heterocycles. The maximum absolute atomic E-state index is 2.58. The van der Waals surface area contributed by atoms with Gasteiger partial charge in [-0.3, -0.25) is 0 Å². The van der Waals surface area contributed by atoms with Gasteiger partial charge in [0.05, 0.1) is 8.80 Å². The standard InChI is InChI=1S/C14H31NSi/c1-5-9-12-16(13-10-6-2)14-11-15(7-3)8-4/h11,14,16H,5-10,12-13H2,1-4H3. The molecule has 0 saturated heterocycles. The average molecular weight is 241 g/mol. The van der Waals surface area contributed by atoms with Crippen molar-refractivity contribution in [1.82, 2.24) is 4.90 Å². The third-order valence-electron chi connectivity index (χ3n) is 3.24. The molecule has 0 radical (unpaired) electrons. The van der Waals surface area contributed by atoms with Crippen LogP contribution in [0.15, 0.2) is 11.9 Å². The second-order valence-electron chi connectivity index (χ2n) is 4.61. The van der Waals surface area contributed by atoms with Crippen molar-refractivity contribution in [2.45, 2.75) is 65.5 Å². The summed E-state index contributed by atoms with van der Waals surface area (Å²) in [6.07, 6.45) is 7.96. The van der Waals surface area contributed by atoms with Gasteiger partial charge < -0.3 is 4.90 Å². The van der Waals surface area contributed by atoms with E-state index in [0.29, 0.717) is 0 Å². The fourth-order valence-corrected chi connectivity index (χ4v) is 4.97. The van der Waals surface area contributed by atoms with Crippen molar-refractivity contribution in [1.29, 1.82) is 0 Å². The SMILES string of the molecule is CCCC[SiH](C=CN(CC)CC)CCCC. The summed E-state index contributed by atoms with van der Waals surface area (Å²) in [6, 6.07) is 3.02. The summed E-state index contributed by atoms with van der Waals surface area (Å²) >= 11 is 0. The quantitative estimate of drug-likeness (QED) is 0.518. The number of hydrogen-bond acceptors (Lipinski definition) is 1. The van der Waals surface area contributed by atoms with E-state index >= 15 is 0 Å².